The van der Waals surface area contributed by atoms with Crippen molar-refractivity contribution in [2.24, 2.45) is 5.92 Å². The zero-order chi connectivity index (χ0) is 16.5. The van der Waals surface area contributed by atoms with Crippen molar-refractivity contribution in [2.75, 3.05) is 14.2 Å². The predicted molar refractivity (Wildman–Crippen MR) is 97.0 cm³/mol. The lowest BCUT2D eigenvalue weighted by Gasteiger charge is -2.44. The topological polar surface area (TPSA) is 18.5 Å². The van der Waals surface area contributed by atoms with Crippen LogP contribution in [0.5, 0.6) is 0 Å². The van der Waals surface area contributed by atoms with E-state index in [1.807, 2.05) is 0 Å². The molecule has 2 aromatic carbocycles. The van der Waals surface area contributed by atoms with E-state index in [9.17, 15) is 0 Å². The Bertz CT molecular complexity index is 658. The molecule has 0 spiro atoms. The molecule has 0 amide bonds. The molecule has 0 aromatic heterocycles. The summed E-state index contributed by atoms with van der Waals surface area (Å²) >= 11 is 0. The van der Waals surface area contributed by atoms with Crippen molar-refractivity contribution in [1.29, 1.82) is 0 Å². The largest absolute Gasteiger partial charge is 0.394 e. The Morgan fingerprint density at radius 2 is 1.64 bits per heavy atom. The number of aryl methyl sites for hydroxylation is 1. The summed E-state index contributed by atoms with van der Waals surface area (Å²) < 4.78 is 12.2. The van der Waals surface area contributed by atoms with Gasteiger partial charge in [-0.25, -0.2) is 0 Å². The first kappa shape index (κ1) is 17.2. The van der Waals surface area contributed by atoms with E-state index >= 15 is 0 Å². The molecule has 0 unspecified atom stereocenters. The Morgan fingerprint density at radius 3 is 2.18 bits per heavy atom. The van der Waals surface area contributed by atoms with E-state index in [0.29, 0.717) is 5.92 Å². The van der Waals surface area contributed by atoms with Gasteiger partial charge in [0.05, 0.1) is 0 Å². The SMILES string of the molecule is CO[Si](OC)(c1ccc2cccc(C)c2c1)C(C)(C)C(C)C. The monoisotopic (exact) mass is 316 g/mol. The minimum absolute atomic E-state index is 0.0349. The average molecular weight is 317 g/mol. The molecule has 0 heterocycles. The highest BCUT2D eigenvalue weighted by molar-refractivity contribution is 6.83. The molecule has 22 heavy (non-hydrogen) atoms. The van der Waals surface area contributed by atoms with Gasteiger partial charge >= 0.3 is 8.56 Å². The fourth-order valence-electron chi connectivity index (χ4n) is 3.23. The van der Waals surface area contributed by atoms with E-state index in [2.05, 4.69) is 71.0 Å². The zero-order valence-electron chi connectivity index (χ0n) is 14.9. The van der Waals surface area contributed by atoms with E-state index in [4.69, 9.17) is 8.85 Å². The molecule has 0 radical (unpaired) electrons. The van der Waals surface area contributed by atoms with Crippen LogP contribution in [0.4, 0.5) is 0 Å². The van der Waals surface area contributed by atoms with Crippen LogP contribution in [0.25, 0.3) is 10.8 Å². The van der Waals surface area contributed by atoms with Crippen LogP contribution in [0.1, 0.15) is 33.3 Å². The van der Waals surface area contributed by atoms with E-state index in [1.165, 1.54) is 21.5 Å². The molecule has 2 nitrogen and oxygen atoms in total. The Morgan fingerprint density at radius 1 is 1.00 bits per heavy atom. The molecule has 0 atom stereocenters. The first-order valence-electron chi connectivity index (χ1n) is 7.90. The van der Waals surface area contributed by atoms with Crippen molar-refractivity contribution in [3.8, 4) is 0 Å². The summed E-state index contributed by atoms with van der Waals surface area (Å²) in [5.74, 6) is 0.464. The van der Waals surface area contributed by atoms with Gasteiger partial charge in [0.1, 0.15) is 0 Å². The van der Waals surface area contributed by atoms with Crippen molar-refractivity contribution in [2.45, 2.75) is 39.7 Å². The third kappa shape index (κ3) is 2.51. The second-order valence-corrected chi connectivity index (χ2v) is 10.8. The van der Waals surface area contributed by atoms with Gasteiger partial charge in [0, 0.05) is 19.3 Å². The second kappa shape index (κ2) is 6.15. The summed E-state index contributed by atoms with van der Waals surface area (Å²) in [4.78, 5) is 0. The summed E-state index contributed by atoms with van der Waals surface area (Å²) in [6.45, 7) is 11.2. The lowest BCUT2D eigenvalue weighted by atomic mass is 9.99. The summed E-state index contributed by atoms with van der Waals surface area (Å²) in [5.41, 5.74) is 1.29. The van der Waals surface area contributed by atoms with Gasteiger partial charge < -0.3 is 8.85 Å². The van der Waals surface area contributed by atoms with Gasteiger partial charge in [-0.3, -0.25) is 0 Å². The van der Waals surface area contributed by atoms with Crippen LogP contribution in [0.2, 0.25) is 5.04 Å². The smallest absolute Gasteiger partial charge is 0.378 e. The van der Waals surface area contributed by atoms with Gasteiger partial charge in [0.15, 0.2) is 0 Å². The molecule has 0 saturated heterocycles. The van der Waals surface area contributed by atoms with Crippen LogP contribution in [-0.2, 0) is 8.85 Å². The Hall–Kier alpha value is -1.16. The van der Waals surface area contributed by atoms with Gasteiger partial charge in [-0.05, 0) is 34.4 Å². The summed E-state index contributed by atoms with van der Waals surface area (Å²) in [5, 5.41) is 3.72. The van der Waals surface area contributed by atoms with E-state index in [0.717, 1.165) is 0 Å². The minimum Gasteiger partial charge on any atom is -0.394 e. The van der Waals surface area contributed by atoms with E-state index in [1.54, 1.807) is 14.2 Å². The average Bonchev–Trinajstić information content (AvgIpc) is 2.49. The van der Waals surface area contributed by atoms with Gasteiger partial charge in [0.2, 0.25) is 0 Å². The molecule has 120 valence electrons. The van der Waals surface area contributed by atoms with Crippen molar-refractivity contribution >= 4 is 24.5 Å². The van der Waals surface area contributed by atoms with Crippen LogP contribution in [0.15, 0.2) is 36.4 Å². The summed E-state index contributed by atoms with van der Waals surface area (Å²) in [6.07, 6.45) is 0. The number of rotatable bonds is 5. The van der Waals surface area contributed by atoms with Crippen LogP contribution < -0.4 is 5.19 Å². The van der Waals surface area contributed by atoms with Gasteiger partial charge in [-0.2, -0.15) is 0 Å². The normalized spacial score (nSPS) is 13.1. The minimum atomic E-state index is -2.55. The van der Waals surface area contributed by atoms with Crippen molar-refractivity contribution in [3.05, 3.63) is 42.0 Å². The standard InChI is InChI=1S/C19H28O2Si/c1-14(2)19(4,5)22(20-6,21-7)17-12-11-16-10-8-9-15(3)18(16)13-17/h8-14H,1-7H3. The molecule has 3 heteroatoms. The molecule has 0 aliphatic carbocycles. The molecule has 0 aliphatic heterocycles. The maximum atomic E-state index is 6.10. The van der Waals surface area contributed by atoms with Gasteiger partial charge in [-0.15, -0.1) is 0 Å². The Kier molecular flexibility index (Phi) is 4.80. The maximum Gasteiger partial charge on any atom is 0.378 e. The number of benzene rings is 2. The third-order valence-corrected chi connectivity index (χ3v) is 9.84. The lowest BCUT2D eigenvalue weighted by molar-refractivity contribution is 0.207. The summed E-state index contributed by atoms with van der Waals surface area (Å²) in [7, 11) is 1.04. The fraction of sp³-hybridized carbons (Fsp3) is 0.474. The Labute approximate surface area is 135 Å². The van der Waals surface area contributed by atoms with Crippen LogP contribution in [0.3, 0.4) is 0 Å². The molecule has 0 N–H and O–H groups in total. The predicted octanol–water partition coefficient (Wildman–Crippen LogP) is 4.53. The molecule has 0 aliphatic rings. The molecular formula is C19H28O2Si. The highest BCUT2D eigenvalue weighted by Gasteiger charge is 2.54. The van der Waals surface area contributed by atoms with Gasteiger partial charge in [0.25, 0.3) is 0 Å². The highest BCUT2D eigenvalue weighted by atomic mass is 28.4. The summed E-state index contributed by atoms with van der Waals surface area (Å²) in [6, 6.07) is 13.1. The Balaban J connectivity index is 2.71. The first-order chi connectivity index (χ1) is 10.3. The molecule has 2 aromatic rings. The molecule has 2 rings (SSSR count). The van der Waals surface area contributed by atoms with Crippen LogP contribution in [-0.4, -0.2) is 22.8 Å². The van der Waals surface area contributed by atoms with Crippen LogP contribution >= 0.6 is 0 Å². The number of hydrogen-bond acceptors (Lipinski definition) is 2. The molecule has 0 saturated carbocycles. The van der Waals surface area contributed by atoms with Crippen molar-refractivity contribution in [3.63, 3.8) is 0 Å². The number of fused-ring (bicyclic) bond motifs is 1. The van der Waals surface area contributed by atoms with Crippen molar-refractivity contribution < 1.29 is 8.85 Å². The lowest BCUT2D eigenvalue weighted by Crippen LogP contribution is -2.61. The maximum absolute atomic E-state index is 6.10. The zero-order valence-corrected chi connectivity index (χ0v) is 15.9. The second-order valence-electron chi connectivity index (χ2n) is 6.91. The molecule has 0 bridgehead atoms. The highest BCUT2D eigenvalue weighted by Crippen LogP contribution is 2.44. The van der Waals surface area contributed by atoms with E-state index in [-0.39, 0.29) is 5.04 Å². The molecule has 0 fully saturated rings. The van der Waals surface area contributed by atoms with Crippen LogP contribution in [0, 0.1) is 12.8 Å². The third-order valence-electron chi connectivity index (χ3n) is 5.35. The molecular weight excluding hydrogens is 288 g/mol. The fourth-order valence-corrected chi connectivity index (χ4v) is 7.06. The van der Waals surface area contributed by atoms with E-state index < -0.39 is 8.56 Å². The number of hydrogen-bond donors (Lipinski definition) is 0. The van der Waals surface area contributed by atoms with Gasteiger partial charge in [-0.1, -0.05) is 64.1 Å². The van der Waals surface area contributed by atoms with Crippen molar-refractivity contribution in [1.82, 2.24) is 0 Å². The first-order valence-corrected chi connectivity index (χ1v) is 9.72. The quantitative estimate of drug-likeness (QED) is 0.755.